The highest BCUT2D eigenvalue weighted by molar-refractivity contribution is 7.19. The largest absolute Gasteiger partial charge is 0.323 e. The second-order valence-corrected chi connectivity index (χ2v) is 5.93. The molecule has 0 aliphatic carbocycles. The Hall–Kier alpha value is -1.64. The zero-order valence-electron chi connectivity index (χ0n) is 10.8. The van der Waals surface area contributed by atoms with Gasteiger partial charge >= 0.3 is 0 Å². The van der Waals surface area contributed by atoms with Crippen LogP contribution in [-0.4, -0.2) is 0 Å². The Labute approximate surface area is 117 Å². The lowest BCUT2D eigenvalue weighted by atomic mass is 10.0. The van der Waals surface area contributed by atoms with Gasteiger partial charge in [0.25, 0.3) is 0 Å². The Morgan fingerprint density at radius 2 is 1.68 bits per heavy atom. The van der Waals surface area contributed by atoms with Crippen molar-refractivity contribution in [3.63, 3.8) is 0 Å². The summed E-state index contributed by atoms with van der Waals surface area (Å²) in [7, 11) is 0. The van der Waals surface area contributed by atoms with Crippen LogP contribution in [0, 0.1) is 0 Å². The molecule has 0 spiro atoms. The topological polar surface area (TPSA) is 26.0 Å². The van der Waals surface area contributed by atoms with Crippen LogP contribution in [0.25, 0.3) is 10.1 Å². The van der Waals surface area contributed by atoms with E-state index in [0.717, 1.165) is 12.8 Å². The van der Waals surface area contributed by atoms with Crippen LogP contribution in [0.15, 0.2) is 60.7 Å². The minimum Gasteiger partial charge on any atom is -0.323 e. The summed E-state index contributed by atoms with van der Waals surface area (Å²) in [5.41, 5.74) is 7.68. The van der Waals surface area contributed by atoms with Crippen molar-refractivity contribution in [1.29, 1.82) is 0 Å². The van der Waals surface area contributed by atoms with Crippen LogP contribution in [0.2, 0.25) is 0 Å². The van der Waals surface area contributed by atoms with Gasteiger partial charge in [0, 0.05) is 15.6 Å². The van der Waals surface area contributed by atoms with Gasteiger partial charge in [-0.2, -0.15) is 0 Å². The lowest BCUT2D eigenvalue weighted by Gasteiger charge is -2.09. The zero-order chi connectivity index (χ0) is 13.1. The maximum Gasteiger partial charge on any atom is 0.0393 e. The Morgan fingerprint density at radius 3 is 2.47 bits per heavy atom. The van der Waals surface area contributed by atoms with E-state index in [4.69, 9.17) is 5.73 Å². The second kappa shape index (κ2) is 5.55. The SMILES string of the molecule is NC(CCc1ccccc1)c1cc2ccccc2s1. The molecular weight excluding hydrogens is 250 g/mol. The summed E-state index contributed by atoms with van der Waals surface area (Å²) < 4.78 is 1.33. The summed E-state index contributed by atoms with van der Waals surface area (Å²) in [4.78, 5) is 1.29. The summed E-state index contributed by atoms with van der Waals surface area (Å²) in [5, 5.41) is 1.30. The molecule has 96 valence electrons. The van der Waals surface area contributed by atoms with Crippen LogP contribution >= 0.6 is 11.3 Å². The highest BCUT2D eigenvalue weighted by atomic mass is 32.1. The molecule has 1 atom stereocenters. The first-order chi connectivity index (χ1) is 9.33. The minimum absolute atomic E-state index is 0.137. The predicted octanol–water partition coefficient (Wildman–Crippen LogP) is 4.53. The van der Waals surface area contributed by atoms with Gasteiger partial charge in [-0.15, -0.1) is 11.3 Å². The summed E-state index contributed by atoms with van der Waals surface area (Å²) in [6, 6.07) is 21.4. The van der Waals surface area contributed by atoms with Gasteiger partial charge in [-0.3, -0.25) is 0 Å². The minimum atomic E-state index is 0.137. The number of benzene rings is 2. The molecule has 1 heterocycles. The number of aryl methyl sites for hydroxylation is 1. The van der Waals surface area contributed by atoms with E-state index in [0.29, 0.717) is 0 Å². The highest BCUT2D eigenvalue weighted by Crippen LogP contribution is 2.30. The normalized spacial score (nSPS) is 12.7. The second-order valence-electron chi connectivity index (χ2n) is 4.82. The molecule has 2 heteroatoms. The van der Waals surface area contributed by atoms with Crippen molar-refractivity contribution >= 4 is 21.4 Å². The van der Waals surface area contributed by atoms with Crippen LogP contribution in [0.4, 0.5) is 0 Å². The summed E-state index contributed by atoms with van der Waals surface area (Å²) >= 11 is 1.82. The van der Waals surface area contributed by atoms with E-state index >= 15 is 0 Å². The Bertz CT molecular complexity index is 624. The molecular formula is C17H17NS. The molecule has 0 fully saturated rings. The van der Waals surface area contributed by atoms with E-state index in [1.54, 1.807) is 0 Å². The van der Waals surface area contributed by atoms with Crippen molar-refractivity contribution in [3.05, 3.63) is 71.1 Å². The van der Waals surface area contributed by atoms with Crippen molar-refractivity contribution in [2.75, 3.05) is 0 Å². The van der Waals surface area contributed by atoms with E-state index in [1.807, 2.05) is 11.3 Å². The van der Waals surface area contributed by atoms with Gasteiger partial charge in [-0.1, -0.05) is 48.5 Å². The molecule has 0 saturated carbocycles. The molecule has 0 saturated heterocycles. The Balaban J connectivity index is 1.71. The quantitative estimate of drug-likeness (QED) is 0.738. The van der Waals surface area contributed by atoms with Crippen molar-refractivity contribution in [2.24, 2.45) is 5.73 Å². The average molecular weight is 267 g/mol. The summed E-state index contributed by atoms with van der Waals surface area (Å²) in [5.74, 6) is 0. The first-order valence-corrected chi connectivity index (χ1v) is 7.42. The third kappa shape index (κ3) is 2.86. The molecule has 0 aliphatic heterocycles. The van der Waals surface area contributed by atoms with Crippen molar-refractivity contribution in [3.8, 4) is 0 Å². The van der Waals surface area contributed by atoms with Gasteiger partial charge in [-0.05, 0) is 35.9 Å². The fourth-order valence-electron chi connectivity index (χ4n) is 2.29. The third-order valence-corrected chi connectivity index (χ3v) is 4.64. The average Bonchev–Trinajstić information content (AvgIpc) is 2.90. The Kier molecular flexibility index (Phi) is 3.62. The van der Waals surface area contributed by atoms with Crippen LogP contribution in [-0.2, 0) is 6.42 Å². The molecule has 0 amide bonds. The standard InChI is InChI=1S/C17H17NS/c18-15(11-10-13-6-2-1-3-7-13)17-12-14-8-4-5-9-16(14)19-17/h1-9,12,15H,10-11,18H2. The molecule has 0 aliphatic rings. The van der Waals surface area contributed by atoms with E-state index in [1.165, 1.54) is 20.5 Å². The Morgan fingerprint density at radius 1 is 0.947 bits per heavy atom. The number of thiophene rings is 1. The number of fused-ring (bicyclic) bond motifs is 1. The van der Waals surface area contributed by atoms with Crippen LogP contribution in [0.1, 0.15) is 22.9 Å². The molecule has 2 N–H and O–H groups in total. The van der Waals surface area contributed by atoms with Crippen molar-refractivity contribution in [1.82, 2.24) is 0 Å². The number of hydrogen-bond acceptors (Lipinski definition) is 2. The van der Waals surface area contributed by atoms with Crippen LogP contribution in [0.5, 0.6) is 0 Å². The first-order valence-electron chi connectivity index (χ1n) is 6.61. The van der Waals surface area contributed by atoms with Gasteiger partial charge in [0.15, 0.2) is 0 Å². The number of nitrogens with two attached hydrogens (primary N) is 1. The smallest absolute Gasteiger partial charge is 0.0393 e. The molecule has 1 nitrogen and oxygen atoms in total. The number of hydrogen-bond donors (Lipinski definition) is 1. The van der Waals surface area contributed by atoms with Gasteiger partial charge in [0.1, 0.15) is 0 Å². The molecule has 19 heavy (non-hydrogen) atoms. The van der Waals surface area contributed by atoms with Gasteiger partial charge in [0.05, 0.1) is 0 Å². The van der Waals surface area contributed by atoms with Crippen molar-refractivity contribution < 1.29 is 0 Å². The monoisotopic (exact) mass is 267 g/mol. The van der Waals surface area contributed by atoms with E-state index in [-0.39, 0.29) is 6.04 Å². The maximum atomic E-state index is 6.32. The molecule has 3 aromatic rings. The van der Waals surface area contributed by atoms with Crippen LogP contribution < -0.4 is 5.73 Å². The lowest BCUT2D eigenvalue weighted by molar-refractivity contribution is 0.662. The highest BCUT2D eigenvalue weighted by Gasteiger charge is 2.10. The van der Waals surface area contributed by atoms with E-state index in [2.05, 4.69) is 60.7 Å². The third-order valence-electron chi connectivity index (χ3n) is 3.40. The summed E-state index contributed by atoms with van der Waals surface area (Å²) in [6.07, 6.45) is 2.03. The number of rotatable bonds is 4. The maximum absolute atomic E-state index is 6.32. The van der Waals surface area contributed by atoms with Crippen LogP contribution in [0.3, 0.4) is 0 Å². The van der Waals surface area contributed by atoms with Crippen molar-refractivity contribution in [2.45, 2.75) is 18.9 Å². The molecule has 1 aromatic heterocycles. The predicted molar refractivity (Wildman–Crippen MR) is 83.5 cm³/mol. The van der Waals surface area contributed by atoms with Gasteiger partial charge < -0.3 is 5.73 Å². The molecule has 3 rings (SSSR count). The first kappa shape index (κ1) is 12.4. The molecule has 0 bridgehead atoms. The summed E-state index contributed by atoms with van der Waals surface area (Å²) in [6.45, 7) is 0. The van der Waals surface area contributed by atoms with Gasteiger partial charge in [0.2, 0.25) is 0 Å². The molecule has 0 radical (unpaired) electrons. The molecule has 1 unspecified atom stereocenters. The van der Waals surface area contributed by atoms with E-state index < -0.39 is 0 Å². The van der Waals surface area contributed by atoms with E-state index in [9.17, 15) is 0 Å². The van der Waals surface area contributed by atoms with Gasteiger partial charge in [-0.25, -0.2) is 0 Å². The lowest BCUT2D eigenvalue weighted by Crippen LogP contribution is -2.09. The molecule has 2 aromatic carbocycles. The fourth-order valence-corrected chi connectivity index (χ4v) is 3.39. The zero-order valence-corrected chi connectivity index (χ0v) is 11.6. The fraction of sp³-hybridized carbons (Fsp3) is 0.176.